The van der Waals surface area contributed by atoms with Gasteiger partial charge in [0.2, 0.25) is 5.91 Å². The number of aryl methyl sites for hydroxylation is 1. The molecular formula is C20H20FN7O3. The number of hydrogen-bond acceptors (Lipinski definition) is 7. The number of carbonyl (C=O) groups excluding carboxylic acids is 2. The number of amides is 2. The molecule has 3 rings (SSSR count). The Morgan fingerprint density at radius 2 is 2.10 bits per heavy atom. The highest BCUT2D eigenvalue weighted by atomic mass is 19.1. The number of aromatic nitrogens is 4. The zero-order chi connectivity index (χ0) is 25.0. The van der Waals surface area contributed by atoms with Crippen LogP contribution in [-0.2, 0) is 11.8 Å². The molecule has 3 N–H and O–H groups in total. The molecule has 2 aromatic heterocycles. The number of carbonyl (C=O) groups is 2. The summed E-state index contributed by atoms with van der Waals surface area (Å²) in [6.45, 7) is 0.586. The number of anilines is 3. The van der Waals surface area contributed by atoms with Gasteiger partial charge in [0.05, 0.1) is 29.6 Å². The van der Waals surface area contributed by atoms with Gasteiger partial charge >= 0.3 is 0 Å². The molecule has 0 aliphatic carbocycles. The van der Waals surface area contributed by atoms with E-state index in [-0.39, 0.29) is 39.9 Å². The lowest BCUT2D eigenvalue weighted by atomic mass is 10.1. The second-order valence-corrected chi connectivity index (χ2v) is 6.16. The number of pyridine rings is 1. The van der Waals surface area contributed by atoms with Crippen LogP contribution in [0.5, 0.6) is 5.75 Å². The van der Waals surface area contributed by atoms with Crippen molar-refractivity contribution in [1.82, 2.24) is 25.1 Å². The summed E-state index contributed by atoms with van der Waals surface area (Å²) in [7, 11) is 3.00. The van der Waals surface area contributed by atoms with Crippen LogP contribution in [-0.4, -0.2) is 45.6 Å². The number of rotatable bonds is 7. The van der Waals surface area contributed by atoms with E-state index in [4.69, 9.17) is 8.85 Å². The Hall–Kier alpha value is -4.28. The quantitative estimate of drug-likeness (QED) is 0.493. The van der Waals surface area contributed by atoms with Gasteiger partial charge in [-0.05, 0) is 12.1 Å². The summed E-state index contributed by atoms with van der Waals surface area (Å²) in [6.07, 6.45) is 3.52. The summed E-state index contributed by atoms with van der Waals surface area (Å²) in [6, 6.07) is 3.57. The molecule has 0 saturated carbocycles. The lowest BCUT2D eigenvalue weighted by molar-refractivity contribution is -0.111. The third-order valence-electron chi connectivity index (χ3n) is 4.07. The molecule has 0 aliphatic heterocycles. The van der Waals surface area contributed by atoms with E-state index in [0.29, 0.717) is 0 Å². The fraction of sp³-hybridized carbons (Fsp3) is 0.150. The van der Waals surface area contributed by atoms with Crippen molar-refractivity contribution in [3.63, 3.8) is 0 Å². The molecule has 3 aromatic rings. The lowest BCUT2D eigenvalue weighted by Gasteiger charge is -2.17. The van der Waals surface area contributed by atoms with Crippen LogP contribution in [0.4, 0.5) is 21.6 Å². The minimum Gasteiger partial charge on any atom is -0.494 e. The highest BCUT2D eigenvalue weighted by molar-refractivity contribution is 6.02. The van der Waals surface area contributed by atoms with Crippen LogP contribution in [0.15, 0.2) is 43.4 Å². The van der Waals surface area contributed by atoms with Gasteiger partial charge in [0.15, 0.2) is 11.6 Å². The van der Waals surface area contributed by atoms with Gasteiger partial charge in [-0.1, -0.05) is 6.58 Å². The van der Waals surface area contributed by atoms with Crippen LogP contribution in [0.1, 0.15) is 14.5 Å². The number of hydrogen-bond donors (Lipinski definition) is 3. The second-order valence-electron chi connectivity index (χ2n) is 6.16. The van der Waals surface area contributed by atoms with Crippen molar-refractivity contribution in [1.29, 1.82) is 0 Å². The van der Waals surface area contributed by atoms with Crippen molar-refractivity contribution in [2.45, 2.75) is 0 Å². The Balaban J connectivity index is 2.11. The van der Waals surface area contributed by atoms with Gasteiger partial charge in [-0.2, -0.15) is 5.10 Å². The zero-order valence-corrected chi connectivity index (χ0v) is 16.6. The SMILES string of the molecule is [2H]C([2H])([2H])NC(=O)c1cnc(NC(=O)C=C)cc1Nc1cc(F)cc(-c2ncn(C)n2)c1OC. The van der Waals surface area contributed by atoms with Crippen LogP contribution < -0.4 is 20.7 Å². The van der Waals surface area contributed by atoms with Gasteiger partial charge in [-0.3, -0.25) is 14.3 Å². The standard InChI is InChI=1S/C20H20FN7O3/c1-5-17(29)26-16-8-14(13(9-23-16)20(30)22-2)25-15-7-11(21)6-12(18(15)31-4)19-24-10-28(3)27-19/h5-10H,1H2,2-4H3,(H,22,30)(H2,23,25,26,29)/i2D3. The zero-order valence-electron chi connectivity index (χ0n) is 19.6. The smallest absolute Gasteiger partial charge is 0.254 e. The Morgan fingerprint density at radius 3 is 2.74 bits per heavy atom. The van der Waals surface area contributed by atoms with E-state index < -0.39 is 24.6 Å². The minimum absolute atomic E-state index is 0.0138. The van der Waals surface area contributed by atoms with Crippen LogP contribution >= 0.6 is 0 Å². The average molecular weight is 428 g/mol. The predicted octanol–water partition coefficient (Wildman–Crippen LogP) is 2.25. The van der Waals surface area contributed by atoms with Gasteiger partial charge in [-0.25, -0.2) is 14.4 Å². The summed E-state index contributed by atoms with van der Waals surface area (Å²) < 4.78 is 43.3. The number of benzene rings is 1. The van der Waals surface area contributed by atoms with Crippen molar-refractivity contribution in [2.24, 2.45) is 7.05 Å². The maximum atomic E-state index is 14.5. The van der Waals surface area contributed by atoms with Gasteiger partial charge in [0.25, 0.3) is 5.91 Å². The Bertz CT molecular complexity index is 1260. The summed E-state index contributed by atoms with van der Waals surface area (Å²) in [5.41, 5.74) is 0.143. The maximum Gasteiger partial charge on any atom is 0.254 e. The molecule has 0 saturated heterocycles. The Kier molecular flexibility index (Phi) is 5.12. The molecule has 0 radical (unpaired) electrons. The third-order valence-corrected chi connectivity index (χ3v) is 4.07. The second kappa shape index (κ2) is 9.03. The van der Waals surface area contributed by atoms with Gasteiger partial charge in [0, 0.05) is 36.5 Å². The molecule has 0 bridgehead atoms. The molecule has 2 heterocycles. The van der Waals surface area contributed by atoms with E-state index in [1.807, 2.05) is 5.32 Å². The molecule has 1 aromatic carbocycles. The summed E-state index contributed by atoms with van der Waals surface area (Å²) >= 11 is 0. The van der Waals surface area contributed by atoms with Crippen LogP contribution in [0.25, 0.3) is 11.4 Å². The minimum atomic E-state index is -2.77. The van der Waals surface area contributed by atoms with Crippen molar-refractivity contribution in [2.75, 3.05) is 24.7 Å². The number of nitrogens with zero attached hydrogens (tertiary/aromatic N) is 4. The van der Waals surface area contributed by atoms with Crippen molar-refractivity contribution in [3.05, 3.63) is 54.8 Å². The van der Waals surface area contributed by atoms with Crippen molar-refractivity contribution >= 4 is 29.0 Å². The van der Waals surface area contributed by atoms with Crippen LogP contribution in [0, 0.1) is 5.82 Å². The monoisotopic (exact) mass is 428 g/mol. The van der Waals surface area contributed by atoms with Crippen molar-refractivity contribution in [3.8, 4) is 17.1 Å². The number of halogens is 1. The van der Waals surface area contributed by atoms with Crippen LogP contribution in [0.2, 0.25) is 0 Å². The first-order valence-corrected chi connectivity index (χ1v) is 8.77. The van der Waals surface area contributed by atoms with E-state index in [2.05, 4.69) is 32.3 Å². The molecule has 0 unspecified atom stereocenters. The molecular weight excluding hydrogens is 405 g/mol. The average Bonchev–Trinajstić information content (AvgIpc) is 3.18. The lowest BCUT2D eigenvalue weighted by Crippen LogP contribution is -2.20. The molecule has 0 aliphatic rings. The fourth-order valence-corrected chi connectivity index (χ4v) is 2.73. The first-order chi connectivity index (χ1) is 16.0. The predicted molar refractivity (Wildman–Crippen MR) is 113 cm³/mol. The fourth-order valence-electron chi connectivity index (χ4n) is 2.73. The van der Waals surface area contributed by atoms with Gasteiger partial charge in [0.1, 0.15) is 18.0 Å². The summed E-state index contributed by atoms with van der Waals surface area (Å²) in [5, 5.41) is 11.3. The molecule has 0 spiro atoms. The normalized spacial score (nSPS) is 12.2. The molecule has 31 heavy (non-hydrogen) atoms. The summed E-state index contributed by atoms with van der Waals surface area (Å²) in [5.74, 6) is -1.82. The number of nitrogens with one attached hydrogen (secondary N) is 3. The van der Waals surface area contributed by atoms with E-state index in [1.165, 1.54) is 30.3 Å². The third kappa shape index (κ3) is 4.66. The Morgan fingerprint density at radius 1 is 1.29 bits per heavy atom. The topological polar surface area (TPSA) is 123 Å². The molecule has 0 atom stereocenters. The Labute approximate surface area is 181 Å². The van der Waals surface area contributed by atoms with E-state index in [9.17, 15) is 14.0 Å². The molecule has 2 amide bonds. The first-order valence-electron chi connectivity index (χ1n) is 10.3. The molecule has 11 heteroatoms. The highest BCUT2D eigenvalue weighted by Gasteiger charge is 2.20. The first kappa shape index (κ1) is 17.6. The highest BCUT2D eigenvalue weighted by Crippen LogP contribution is 2.38. The van der Waals surface area contributed by atoms with Gasteiger partial charge < -0.3 is 20.7 Å². The van der Waals surface area contributed by atoms with E-state index in [0.717, 1.165) is 18.3 Å². The maximum absolute atomic E-state index is 14.5. The van der Waals surface area contributed by atoms with Crippen molar-refractivity contribution < 1.29 is 22.8 Å². The number of methoxy groups -OCH3 is 1. The molecule has 160 valence electrons. The molecule has 10 nitrogen and oxygen atoms in total. The largest absolute Gasteiger partial charge is 0.494 e. The van der Waals surface area contributed by atoms with Gasteiger partial charge in [-0.15, -0.1) is 0 Å². The van der Waals surface area contributed by atoms with E-state index in [1.54, 1.807) is 7.05 Å². The van der Waals surface area contributed by atoms with E-state index >= 15 is 0 Å². The molecule has 0 fully saturated rings. The van der Waals surface area contributed by atoms with Crippen LogP contribution in [0.3, 0.4) is 0 Å². The number of ether oxygens (including phenoxy) is 1. The summed E-state index contributed by atoms with van der Waals surface area (Å²) in [4.78, 5) is 32.3.